The van der Waals surface area contributed by atoms with Crippen LogP contribution in [0.25, 0.3) is 0 Å². The predicted octanol–water partition coefficient (Wildman–Crippen LogP) is 2.35. The maximum absolute atomic E-state index is 13.9. The Kier molecular flexibility index (Phi) is 5.40. The largest absolute Gasteiger partial charge is 0.490 e. The Morgan fingerprint density at radius 3 is 3.04 bits per heavy atom. The molecule has 3 rings (SSSR count). The van der Waals surface area contributed by atoms with E-state index in [-0.39, 0.29) is 29.8 Å². The van der Waals surface area contributed by atoms with Gasteiger partial charge in [-0.25, -0.2) is 9.18 Å². The second-order valence-electron chi connectivity index (χ2n) is 6.66. The summed E-state index contributed by atoms with van der Waals surface area (Å²) < 4.78 is 19.4. The Bertz CT molecular complexity index is 652. The van der Waals surface area contributed by atoms with Crippen LogP contribution in [-0.4, -0.2) is 42.6 Å². The van der Waals surface area contributed by atoms with Gasteiger partial charge in [-0.1, -0.05) is 12.1 Å². The van der Waals surface area contributed by atoms with Gasteiger partial charge in [-0.15, -0.1) is 0 Å². The van der Waals surface area contributed by atoms with Gasteiger partial charge in [0.1, 0.15) is 0 Å². The number of rotatable bonds is 4. The summed E-state index contributed by atoms with van der Waals surface area (Å²) in [7, 11) is 0. The Balaban J connectivity index is 1.59. The number of fused-ring (bicyclic) bond motifs is 1. The lowest BCUT2D eigenvalue weighted by Gasteiger charge is -2.24. The molecule has 25 heavy (non-hydrogen) atoms. The molecule has 136 valence electrons. The summed E-state index contributed by atoms with van der Waals surface area (Å²) in [6.45, 7) is 3.56. The van der Waals surface area contributed by atoms with Crippen molar-refractivity contribution < 1.29 is 18.7 Å². The van der Waals surface area contributed by atoms with Crippen LogP contribution in [0.5, 0.6) is 5.75 Å². The highest BCUT2D eigenvalue weighted by atomic mass is 19.1. The molecular weight excluding hydrogens is 325 g/mol. The van der Waals surface area contributed by atoms with E-state index in [9.17, 15) is 14.0 Å². The number of hydrogen-bond acceptors (Lipinski definition) is 3. The second kappa shape index (κ2) is 7.72. The fourth-order valence-electron chi connectivity index (χ4n) is 3.42. The fourth-order valence-corrected chi connectivity index (χ4v) is 3.42. The summed E-state index contributed by atoms with van der Waals surface area (Å²) in [6, 6.07) is 3.99. The lowest BCUT2D eigenvalue weighted by Crippen LogP contribution is -2.47. The molecule has 1 fully saturated rings. The van der Waals surface area contributed by atoms with Crippen molar-refractivity contribution in [2.75, 3.05) is 19.7 Å². The molecule has 2 aliphatic heterocycles. The molecule has 0 radical (unpaired) electrons. The molecule has 0 unspecified atom stereocenters. The summed E-state index contributed by atoms with van der Waals surface area (Å²) in [5.41, 5.74) is 0.662. The quantitative estimate of drug-likeness (QED) is 0.877. The van der Waals surface area contributed by atoms with Gasteiger partial charge < -0.3 is 20.3 Å². The highest BCUT2D eigenvalue weighted by molar-refractivity contribution is 5.78. The van der Waals surface area contributed by atoms with Crippen LogP contribution in [0, 0.1) is 5.82 Å². The maximum Gasteiger partial charge on any atom is 0.315 e. The number of ether oxygens (including phenoxy) is 1. The Labute approximate surface area is 146 Å². The van der Waals surface area contributed by atoms with E-state index in [0.717, 1.165) is 19.4 Å². The van der Waals surface area contributed by atoms with Crippen LogP contribution in [-0.2, 0) is 4.79 Å². The average Bonchev–Trinajstić information content (AvgIpc) is 2.84. The molecule has 2 atom stereocenters. The Hall–Kier alpha value is -2.31. The molecule has 0 aliphatic carbocycles. The van der Waals surface area contributed by atoms with E-state index in [4.69, 9.17) is 4.74 Å². The molecule has 6 nitrogen and oxygen atoms in total. The van der Waals surface area contributed by atoms with Gasteiger partial charge in [0.15, 0.2) is 11.6 Å². The summed E-state index contributed by atoms with van der Waals surface area (Å²) in [5.74, 6) is -0.0482. The summed E-state index contributed by atoms with van der Waals surface area (Å²) in [6.07, 6.45) is 2.88. The minimum Gasteiger partial charge on any atom is -0.490 e. The molecule has 0 spiro atoms. The Morgan fingerprint density at radius 2 is 2.28 bits per heavy atom. The lowest BCUT2D eigenvalue weighted by atomic mass is 10.0. The zero-order valence-electron chi connectivity index (χ0n) is 14.4. The first-order chi connectivity index (χ1) is 12.0. The van der Waals surface area contributed by atoms with E-state index in [1.807, 2.05) is 6.92 Å². The monoisotopic (exact) mass is 349 g/mol. The number of nitrogens with zero attached hydrogens (tertiary/aromatic N) is 1. The van der Waals surface area contributed by atoms with E-state index in [2.05, 4.69) is 10.6 Å². The van der Waals surface area contributed by atoms with Gasteiger partial charge in [0.2, 0.25) is 5.91 Å². The molecule has 0 aromatic heterocycles. The van der Waals surface area contributed by atoms with E-state index in [1.165, 1.54) is 6.07 Å². The molecule has 1 saturated heterocycles. The van der Waals surface area contributed by atoms with Crippen molar-refractivity contribution >= 4 is 11.9 Å². The van der Waals surface area contributed by atoms with E-state index in [0.29, 0.717) is 31.6 Å². The van der Waals surface area contributed by atoms with Gasteiger partial charge in [-0.05, 0) is 32.3 Å². The number of hydrogen-bond donors (Lipinski definition) is 2. The van der Waals surface area contributed by atoms with Crippen molar-refractivity contribution in [2.45, 2.75) is 44.7 Å². The number of amides is 3. The molecule has 2 heterocycles. The minimum absolute atomic E-state index is 0.138. The predicted molar refractivity (Wildman–Crippen MR) is 90.8 cm³/mol. The molecule has 1 aromatic carbocycles. The number of benzene rings is 1. The van der Waals surface area contributed by atoms with Crippen molar-refractivity contribution in [3.63, 3.8) is 0 Å². The minimum atomic E-state index is -0.410. The van der Waals surface area contributed by atoms with Crippen LogP contribution in [0.2, 0.25) is 0 Å². The number of para-hydroxylation sites is 1. The number of carbonyl (C=O) groups excluding carboxylic acids is 2. The maximum atomic E-state index is 13.9. The van der Waals surface area contributed by atoms with Crippen LogP contribution in [0.1, 0.15) is 44.2 Å². The van der Waals surface area contributed by atoms with Crippen molar-refractivity contribution in [1.82, 2.24) is 15.5 Å². The second-order valence-corrected chi connectivity index (χ2v) is 6.66. The van der Waals surface area contributed by atoms with Gasteiger partial charge in [-0.3, -0.25) is 4.79 Å². The standard InChI is InChI=1S/C18H24FN3O3/c1-12(11-22-9-3-8-16(22)23)20-18(24)21-15-7-4-10-25-17-13(15)5-2-6-14(17)19/h2,5-6,12,15H,3-4,7-11H2,1H3,(H2,20,21,24)/t12-,15-/m1/s1. The first-order valence-electron chi connectivity index (χ1n) is 8.80. The number of urea groups is 1. The topological polar surface area (TPSA) is 70.7 Å². The normalized spacial score (nSPS) is 21.1. The first-order valence-corrected chi connectivity index (χ1v) is 8.80. The summed E-state index contributed by atoms with van der Waals surface area (Å²) in [4.78, 5) is 25.8. The van der Waals surface area contributed by atoms with Crippen molar-refractivity contribution in [3.8, 4) is 5.75 Å². The molecule has 1 aromatic rings. The van der Waals surface area contributed by atoms with Gasteiger partial charge in [-0.2, -0.15) is 0 Å². The molecular formula is C18H24FN3O3. The van der Waals surface area contributed by atoms with E-state index in [1.54, 1.807) is 17.0 Å². The van der Waals surface area contributed by atoms with E-state index >= 15 is 0 Å². The number of nitrogens with one attached hydrogen (secondary N) is 2. The molecule has 0 bridgehead atoms. The zero-order chi connectivity index (χ0) is 17.8. The number of carbonyl (C=O) groups is 2. The van der Waals surface area contributed by atoms with Crippen LogP contribution in [0.15, 0.2) is 18.2 Å². The van der Waals surface area contributed by atoms with Gasteiger partial charge in [0, 0.05) is 31.1 Å². The SMILES string of the molecule is C[C@H](CN1CCCC1=O)NC(=O)N[C@@H]1CCCOc2c(F)cccc21. The molecule has 2 N–H and O–H groups in total. The third-order valence-corrected chi connectivity index (χ3v) is 4.60. The van der Waals surface area contributed by atoms with Crippen molar-refractivity contribution in [3.05, 3.63) is 29.6 Å². The van der Waals surface area contributed by atoms with Crippen LogP contribution in [0.3, 0.4) is 0 Å². The Morgan fingerprint density at radius 1 is 1.44 bits per heavy atom. The van der Waals surface area contributed by atoms with Crippen LogP contribution < -0.4 is 15.4 Å². The number of likely N-dealkylation sites (tertiary alicyclic amines) is 1. The molecule has 0 saturated carbocycles. The molecule has 2 aliphatic rings. The van der Waals surface area contributed by atoms with Crippen molar-refractivity contribution in [1.29, 1.82) is 0 Å². The third-order valence-electron chi connectivity index (χ3n) is 4.60. The van der Waals surface area contributed by atoms with Crippen LogP contribution in [0.4, 0.5) is 9.18 Å². The summed E-state index contributed by atoms with van der Waals surface area (Å²) >= 11 is 0. The smallest absolute Gasteiger partial charge is 0.315 e. The lowest BCUT2D eigenvalue weighted by molar-refractivity contribution is -0.127. The first kappa shape index (κ1) is 17.5. The highest BCUT2D eigenvalue weighted by Gasteiger charge is 2.25. The van der Waals surface area contributed by atoms with Gasteiger partial charge in [0.05, 0.1) is 12.6 Å². The van der Waals surface area contributed by atoms with Crippen molar-refractivity contribution in [2.24, 2.45) is 0 Å². The summed E-state index contributed by atoms with van der Waals surface area (Å²) in [5, 5.41) is 5.77. The molecule has 7 heteroatoms. The van der Waals surface area contributed by atoms with Gasteiger partial charge in [0.25, 0.3) is 0 Å². The third kappa shape index (κ3) is 4.21. The average molecular weight is 349 g/mol. The molecule has 3 amide bonds. The highest BCUT2D eigenvalue weighted by Crippen LogP contribution is 2.33. The van der Waals surface area contributed by atoms with E-state index < -0.39 is 5.82 Å². The zero-order valence-corrected chi connectivity index (χ0v) is 14.4. The van der Waals surface area contributed by atoms with Gasteiger partial charge >= 0.3 is 6.03 Å². The van der Waals surface area contributed by atoms with Crippen LogP contribution >= 0.6 is 0 Å². The fraction of sp³-hybridized carbons (Fsp3) is 0.556. The number of halogens is 1.